The van der Waals surface area contributed by atoms with Gasteiger partial charge in [-0.3, -0.25) is 9.59 Å². The second-order valence-electron chi connectivity index (χ2n) is 7.68. The summed E-state index contributed by atoms with van der Waals surface area (Å²) in [4.78, 5) is 28.3. The maximum atomic E-state index is 12.8. The molecule has 0 bridgehead atoms. The number of carbonyl (C=O) groups is 2. The highest BCUT2D eigenvalue weighted by atomic mass is 16.3. The third-order valence-electron chi connectivity index (χ3n) is 5.91. The van der Waals surface area contributed by atoms with Crippen LogP contribution in [-0.2, 0) is 4.79 Å². The lowest BCUT2D eigenvalue weighted by molar-refractivity contribution is -0.117. The van der Waals surface area contributed by atoms with Crippen molar-refractivity contribution in [1.82, 2.24) is 4.90 Å². The van der Waals surface area contributed by atoms with Crippen LogP contribution < -0.4 is 4.90 Å². The molecule has 0 saturated carbocycles. The molecule has 2 aliphatic rings. The van der Waals surface area contributed by atoms with E-state index in [1.165, 1.54) is 0 Å². The minimum absolute atomic E-state index is 0.0203. The zero-order valence-electron chi connectivity index (χ0n) is 16.0. The van der Waals surface area contributed by atoms with Crippen molar-refractivity contribution in [2.45, 2.75) is 31.8 Å². The Morgan fingerprint density at radius 1 is 0.964 bits per heavy atom. The van der Waals surface area contributed by atoms with Crippen LogP contribution in [0.1, 0.15) is 47.7 Å². The fraction of sp³-hybridized carbons (Fsp3) is 0.391. The Balaban J connectivity index is 1.35. The van der Waals surface area contributed by atoms with E-state index in [9.17, 15) is 14.7 Å². The molecule has 2 aromatic rings. The summed E-state index contributed by atoms with van der Waals surface area (Å²) in [6, 6.07) is 17.1. The minimum atomic E-state index is -0.476. The summed E-state index contributed by atoms with van der Waals surface area (Å²) in [5, 5.41) is 10.6. The van der Waals surface area contributed by atoms with E-state index in [2.05, 4.69) is 0 Å². The molecule has 2 amide bonds. The monoisotopic (exact) mass is 378 g/mol. The molecule has 4 rings (SSSR count). The largest absolute Gasteiger partial charge is 0.388 e. The van der Waals surface area contributed by atoms with Crippen LogP contribution in [0.25, 0.3) is 0 Å². The normalized spacial score (nSPS) is 19.1. The third-order valence-corrected chi connectivity index (χ3v) is 5.91. The number of benzene rings is 2. The molecule has 2 heterocycles. The van der Waals surface area contributed by atoms with E-state index in [0.29, 0.717) is 25.1 Å². The summed E-state index contributed by atoms with van der Waals surface area (Å²) in [5.74, 6) is 0.347. The molecule has 0 aliphatic carbocycles. The highest BCUT2D eigenvalue weighted by molar-refractivity contribution is 5.97. The zero-order chi connectivity index (χ0) is 19.5. The zero-order valence-corrected chi connectivity index (χ0v) is 16.0. The summed E-state index contributed by atoms with van der Waals surface area (Å²) < 4.78 is 0. The molecular formula is C23H26N2O3. The Morgan fingerprint density at radius 2 is 1.64 bits per heavy atom. The fourth-order valence-electron chi connectivity index (χ4n) is 4.23. The van der Waals surface area contributed by atoms with Gasteiger partial charge in [0.1, 0.15) is 0 Å². The van der Waals surface area contributed by atoms with Gasteiger partial charge >= 0.3 is 0 Å². The predicted molar refractivity (Wildman–Crippen MR) is 108 cm³/mol. The maximum Gasteiger partial charge on any atom is 0.253 e. The number of carbonyl (C=O) groups excluding carboxylic acids is 2. The van der Waals surface area contributed by atoms with Crippen LogP contribution in [-0.4, -0.2) is 41.5 Å². The van der Waals surface area contributed by atoms with Crippen molar-refractivity contribution in [2.24, 2.45) is 5.92 Å². The Hall–Kier alpha value is -2.66. The average molecular weight is 378 g/mol. The van der Waals surface area contributed by atoms with Crippen LogP contribution in [0.4, 0.5) is 5.69 Å². The molecule has 146 valence electrons. The van der Waals surface area contributed by atoms with Crippen molar-refractivity contribution in [3.05, 3.63) is 65.7 Å². The van der Waals surface area contributed by atoms with E-state index in [-0.39, 0.29) is 17.7 Å². The summed E-state index contributed by atoms with van der Waals surface area (Å²) in [6.07, 6.45) is 2.61. The van der Waals surface area contributed by atoms with E-state index < -0.39 is 6.10 Å². The van der Waals surface area contributed by atoms with Crippen molar-refractivity contribution < 1.29 is 14.7 Å². The number of aliphatic hydroxyl groups excluding tert-OH is 1. The first-order valence-corrected chi connectivity index (χ1v) is 10.1. The first-order valence-electron chi connectivity index (χ1n) is 10.1. The first-order chi connectivity index (χ1) is 13.6. The fourth-order valence-corrected chi connectivity index (χ4v) is 4.23. The highest BCUT2D eigenvalue weighted by Crippen LogP contribution is 2.31. The number of anilines is 1. The van der Waals surface area contributed by atoms with Crippen molar-refractivity contribution in [1.29, 1.82) is 0 Å². The van der Waals surface area contributed by atoms with Gasteiger partial charge in [-0.2, -0.15) is 0 Å². The smallest absolute Gasteiger partial charge is 0.253 e. The van der Waals surface area contributed by atoms with Crippen LogP contribution >= 0.6 is 0 Å². The third kappa shape index (κ3) is 3.80. The molecule has 2 saturated heterocycles. The molecule has 0 spiro atoms. The van der Waals surface area contributed by atoms with E-state index in [1.807, 2.05) is 59.5 Å². The standard InChI is InChI=1S/C23H26N2O3/c26-21-7-4-14-25(21)20-10-8-19(9-11-20)23(28)24-15-12-18(13-16-24)22(27)17-5-2-1-3-6-17/h1-3,5-6,8-11,18,22,27H,4,7,12-16H2/t22-/m0/s1. The summed E-state index contributed by atoms with van der Waals surface area (Å²) in [7, 11) is 0. The Labute approximate surface area is 165 Å². The number of amides is 2. The molecule has 5 heteroatoms. The van der Waals surface area contributed by atoms with Crippen molar-refractivity contribution in [3.63, 3.8) is 0 Å². The number of nitrogens with zero attached hydrogens (tertiary/aromatic N) is 2. The first kappa shape index (κ1) is 18.7. The second kappa shape index (κ2) is 8.15. The average Bonchev–Trinajstić information content (AvgIpc) is 3.19. The molecule has 1 atom stereocenters. The molecule has 28 heavy (non-hydrogen) atoms. The van der Waals surface area contributed by atoms with Gasteiger partial charge in [0.25, 0.3) is 5.91 Å². The van der Waals surface area contributed by atoms with Gasteiger partial charge in [-0.05, 0) is 55.0 Å². The van der Waals surface area contributed by atoms with Crippen LogP contribution in [0.15, 0.2) is 54.6 Å². The molecule has 5 nitrogen and oxygen atoms in total. The molecule has 2 fully saturated rings. The van der Waals surface area contributed by atoms with Crippen LogP contribution in [0.2, 0.25) is 0 Å². The summed E-state index contributed by atoms with van der Waals surface area (Å²) >= 11 is 0. The summed E-state index contributed by atoms with van der Waals surface area (Å²) in [5.41, 5.74) is 2.46. The quantitative estimate of drug-likeness (QED) is 0.887. The van der Waals surface area contributed by atoms with Crippen LogP contribution in [0.3, 0.4) is 0 Å². The Morgan fingerprint density at radius 3 is 2.25 bits per heavy atom. The second-order valence-corrected chi connectivity index (χ2v) is 7.68. The van der Waals surface area contributed by atoms with Crippen molar-refractivity contribution >= 4 is 17.5 Å². The van der Waals surface area contributed by atoms with Gasteiger partial charge in [0, 0.05) is 37.3 Å². The lowest BCUT2D eigenvalue weighted by atomic mass is 9.87. The van der Waals surface area contributed by atoms with Crippen LogP contribution in [0.5, 0.6) is 0 Å². The topological polar surface area (TPSA) is 60.9 Å². The minimum Gasteiger partial charge on any atom is -0.388 e. The predicted octanol–water partition coefficient (Wildman–Crippen LogP) is 3.40. The van der Waals surface area contributed by atoms with Gasteiger partial charge in [-0.1, -0.05) is 30.3 Å². The summed E-state index contributed by atoms with van der Waals surface area (Å²) in [6.45, 7) is 2.06. The molecule has 2 aliphatic heterocycles. The van der Waals surface area contributed by atoms with Gasteiger partial charge in [-0.15, -0.1) is 0 Å². The molecule has 0 unspecified atom stereocenters. The lowest BCUT2D eigenvalue weighted by Gasteiger charge is -2.34. The van der Waals surface area contributed by atoms with Crippen molar-refractivity contribution in [2.75, 3.05) is 24.5 Å². The molecule has 0 aromatic heterocycles. The van der Waals surface area contributed by atoms with E-state index in [4.69, 9.17) is 0 Å². The van der Waals surface area contributed by atoms with Gasteiger partial charge in [0.15, 0.2) is 0 Å². The number of piperidine rings is 1. The number of hydrogen-bond acceptors (Lipinski definition) is 3. The number of rotatable bonds is 4. The Bertz CT molecular complexity index is 827. The SMILES string of the molecule is O=C(c1ccc(N2CCCC2=O)cc1)N1CCC([C@@H](O)c2ccccc2)CC1. The van der Waals surface area contributed by atoms with Gasteiger partial charge in [-0.25, -0.2) is 0 Å². The highest BCUT2D eigenvalue weighted by Gasteiger charge is 2.29. The number of aliphatic hydroxyl groups is 1. The van der Waals surface area contributed by atoms with Crippen LogP contribution in [0, 0.1) is 5.92 Å². The van der Waals surface area contributed by atoms with E-state index >= 15 is 0 Å². The van der Waals surface area contributed by atoms with Gasteiger partial charge in [0.2, 0.25) is 5.91 Å². The molecule has 1 N–H and O–H groups in total. The number of likely N-dealkylation sites (tertiary alicyclic amines) is 1. The van der Waals surface area contributed by atoms with E-state index in [0.717, 1.165) is 37.1 Å². The molecular weight excluding hydrogens is 352 g/mol. The van der Waals surface area contributed by atoms with Crippen molar-refractivity contribution in [3.8, 4) is 0 Å². The molecule has 0 radical (unpaired) electrons. The molecule has 2 aromatic carbocycles. The maximum absolute atomic E-state index is 12.8. The van der Waals surface area contributed by atoms with Gasteiger partial charge < -0.3 is 14.9 Å². The van der Waals surface area contributed by atoms with E-state index in [1.54, 1.807) is 4.90 Å². The lowest BCUT2D eigenvalue weighted by Crippen LogP contribution is -2.39. The number of hydrogen-bond donors (Lipinski definition) is 1. The Kier molecular flexibility index (Phi) is 5.44. The van der Waals surface area contributed by atoms with Gasteiger partial charge in [0.05, 0.1) is 6.10 Å².